The zero-order valence-electron chi connectivity index (χ0n) is 15.3. The average molecular weight is 406 g/mol. The van der Waals surface area contributed by atoms with Gasteiger partial charge in [-0.05, 0) is 41.1 Å². The zero-order valence-corrected chi connectivity index (χ0v) is 16.9. The van der Waals surface area contributed by atoms with Gasteiger partial charge in [-0.15, -0.1) is 11.3 Å². The van der Waals surface area contributed by atoms with E-state index in [0.29, 0.717) is 18.1 Å². The molecule has 2 N–H and O–H groups in total. The van der Waals surface area contributed by atoms with E-state index < -0.39 is 0 Å². The summed E-state index contributed by atoms with van der Waals surface area (Å²) in [6, 6.07) is 10.1. The first-order valence-corrected chi connectivity index (χ1v) is 10.3. The molecule has 0 radical (unpaired) electrons. The third kappa shape index (κ3) is 5.54. The van der Waals surface area contributed by atoms with Crippen LogP contribution in [-0.2, 0) is 22.6 Å². The monoisotopic (exact) mass is 405 g/mol. The van der Waals surface area contributed by atoms with Crippen LogP contribution in [0, 0.1) is 0 Å². The minimum absolute atomic E-state index is 0.0593. The van der Waals surface area contributed by atoms with Crippen molar-refractivity contribution in [1.29, 1.82) is 0 Å². The molecule has 3 rings (SSSR count). The first-order chi connectivity index (χ1) is 13.0. The van der Waals surface area contributed by atoms with E-state index in [4.69, 9.17) is 11.6 Å². The number of halogens is 1. The minimum atomic E-state index is -0.123. The molecule has 0 unspecified atom stereocenters. The summed E-state index contributed by atoms with van der Waals surface area (Å²) < 4.78 is 0. The molecule has 2 aromatic rings. The Kier molecular flexibility index (Phi) is 6.88. The predicted molar refractivity (Wildman–Crippen MR) is 109 cm³/mol. The van der Waals surface area contributed by atoms with Crippen molar-refractivity contribution in [2.45, 2.75) is 32.4 Å². The van der Waals surface area contributed by atoms with Gasteiger partial charge in [-0.3, -0.25) is 14.5 Å². The second-order valence-corrected chi connectivity index (χ2v) is 8.13. The van der Waals surface area contributed by atoms with Gasteiger partial charge in [0.25, 0.3) is 0 Å². The lowest BCUT2D eigenvalue weighted by Gasteiger charge is -2.35. The van der Waals surface area contributed by atoms with Gasteiger partial charge in [0.15, 0.2) is 0 Å². The predicted octanol–water partition coefficient (Wildman–Crippen LogP) is 3.14. The quantitative estimate of drug-likeness (QED) is 0.743. The molecule has 7 heteroatoms. The Morgan fingerprint density at radius 2 is 2.00 bits per heavy atom. The van der Waals surface area contributed by atoms with E-state index in [0.717, 1.165) is 25.1 Å². The maximum absolute atomic E-state index is 12.2. The van der Waals surface area contributed by atoms with E-state index >= 15 is 0 Å². The van der Waals surface area contributed by atoms with Gasteiger partial charge in [-0.2, -0.15) is 0 Å². The molecule has 0 fully saturated rings. The van der Waals surface area contributed by atoms with Crippen LogP contribution in [0.2, 0.25) is 5.02 Å². The highest BCUT2D eigenvalue weighted by molar-refractivity contribution is 7.10. The van der Waals surface area contributed by atoms with Gasteiger partial charge < -0.3 is 10.6 Å². The van der Waals surface area contributed by atoms with Crippen LogP contribution in [0.25, 0.3) is 0 Å². The molecule has 1 aliphatic rings. The Bertz CT molecular complexity index is 791. The fourth-order valence-electron chi connectivity index (χ4n) is 3.33. The van der Waals surface area contributed by atoms with E-state index in [1.165, 1.54) is 17.4 Å². The van der Waals surface area contributed by atoms with Crippen LogP contribution in [0.15, 0.2) is 35.7 Å². The van der Waals surface area contributed by atoms with Crippen LogP contribution in [0.5, 0.6) is 0 Å². The molecule has 1 aromatic heterocycles. The van der Waals surface area contributed by atoms with Gasteiger partial charge >= 0.3 is 0 Å². The molecule has 1 aliphatic heterocycles. The van der Waals surface area contributed by atoms with Crippen molar-refractivity contribution in [3.8, 4) is 0 Å². The van der Waals surface area contributed by atoms with Gasteiger partial charge in [-0.1, -0.05) is 23.7 Å². The van der Waals surface area contributed by atoms with E-state index in [1.807, 2.05) is 35.6 Å². The second-order valence-electron chi connectivity index (χ2n) is 6.69. The fourth-order valence-corrected chi connectivity index (χ4v) is 4.35. The second kappa shape index (κ2) is 9.35. The number of hydrogen-bond acceptors (Lipinski definition) is 4. The number of nitrogens with zero attached hydrogens (tertiary/aromatic N) is 1. The molecule has 144 valence electrons. The molecule has 1 atom stereocenters. The molecule has 0 saturated heterocycles. The highest BCUT2D eigenvalue weighted by Gasteiger charge is 2.25. The summed E-state index contributed by atoms with van der Waals surface area (Å²) in [6.07, 6.45) is 1.31. The summed E-state index contributed by atoms with van der Waals surface area (Å²) in [5.74, 6) is -0.183. The number of rotatable bonds is 7. The molecule has 2 heterocycles. The molecule has 0 spiro atoms. The third-order valence-electron chi connectivity index (χ3n) is 4.75. The topological polar surface area (TPSA) is 61.4 Å². The lowest BCUT2D eigenvalue weighted by atomic mass is 10.0. The number of carbonyl (C=O) groups is 2. The highest BCUT2D eigenvalue weighted by Crippen LogP contribution is 2.30. The van der Waals surface area contributed by atoms with Crippen molar-refractivity contribution in [1.82, 2.24) is 15.5 Å². The molecule has 0 saturated carbocycles. The van der Waals surface area contributed by atoms with E-state index in [-0.39, 0.29) is 24.3 Å². The molecule has 5 nitrogen and oxygen atoms in total. The normalized spacial score (nSPS) is 15.0. The largest absolute Gasteiger partial charge is 0.356 e. The van der Waals surface area contributed by atoms with Crippen LogP contribution < -0.4 is 10.6 Å². The molecule has 0 bridgehead atoms. The number of hydrogen-bond donors (Lipinski definition) is 2. The molecule has 2 amide bonds. The van der Waals surface area contributed by atoms with Crippen LogP contribution in [0.4, 0.5) is 0 Å². The maximum Gasteiger partial charge on any atom is 0.221 e. The zero-order chi connectivity index (χ0) is 19.2. The molecular weight excluding hydrogens is 382 g/mol. The summed E-state index contributed by atoms with van der Waals surface area (Å²) in [4.78, 5) is 27.0. The van der Waals surface area contributed by atoms with E-state index in [9.17, 15) is 9.59 Å². The highest BCUT2D eigenvalue weighted by atomic mass is 35.5. The number of nitrogens with one attached hydrogen (secondary N) is 2. The van der Waals surface area contributed by atoms with Gasteiger partial charge in [0.05, 0.1) is 6.04 Å². The number of carbonyl (C=O) groups excluding carboxylic acids is 2. The average Bonchev–Trinajstić information content (AvgIpc) is 3.11. The van der Waals surface area contributed by atoms with Crippen molar-refractivity contribution >= 4 is 34.8 Å². The maximum atomic E-state index is 12.2. The lowest BCUT2D eigenvalue weighted by Crippen LogP contribution is -2.41. The molecule has 0 aliphatic carbocycles. The Hall–Kier alpha value is -1.89. The van der Waals surface area contributed by atoms with Gasteiger partial charge in [-0.25, -0.2) is 0 Å². The minimum Gasteiger partial charge on any atom is -0.356 e. The van der Waals surface area contributed by atoms with Crippen LogP contribution >= 0.6 is 22.9 Å². The van der Waals surface area contributed by atoms with Crippen molar-refractivity contribution in [3.05, 3.63) is 56.7 Å². The van der Waals surface area contributed by atoms with Crippen molar-refractivity contribution in [2.75, 3.05) is 19.6 Å². The summed E-state index contributed by atoms with van der Waals surface area (Å²) in [5, 5.41) is 8.52. The summed E-state index contributed by atoms with van der Waals surface area (Å²) >= 11 is 7.87. The Labute approximate surface area is 168 Å². The van der Waals surface area contributed by atoms with E-state index in [2.05, 4.69) is 27.0 Å². The fraction of sp³-hybridized carbons (Fsp3) is 0.400. The van der Waals surface area contributed by atoms with Gasteiger partial charge in [0, 0.05) is 49.4 Å². The number of thiophene rings is 1. The summed E-state index contributed by atoms with van der Waals surface area (Å²) in [7, 11) is 0. The first kappa shape index (κ1) is 19.9. The Morgan fingerprint density at radius 1 is 1.22 bits per heavy atom. The van der Waals surface area contributed by atoms with E-state index in [1.54, 1.807) is 0 Å². The SMILES string of the molecule is CC(=O)NCCC(=O)NC[C@H](c1ccc(Cl)cc1)N1CCc2sccc2C1. The van der Waals surface area contributed by atoms with Crippen LogP contribution in [-0.4, -0.2) is 36.3 Å². The molecule has 1 aromatic carbocycles. The third-order valence-corrected chi connectivity index (χ3v) is 6.03. The van der Waals surface area contributed by atoms with Crippen molar-refractivity contribution in [2.24, 2.45) is 0 Å². The smallest absolute Gasteiger partial charge is 0.221 e. The van der Waals surface area contributed by atoms with Crippen LogP contribution in [0.1, 0.15) is 35.4 Å². The Morgan fingerprint density at radius 3 is 2.74 bits per heavy atom. The molecule has 27 heavy (non-hydrogen) atoms. The first-order valence-electron chi connectivity index (χ1n) is 9.09. The standard InChI is InChI=1S/C20H24ClN3O2S/c1-14(25)22-9-6-20(26)23-12-18(15-2-4-17(21)5-3-15)24-10-7-19-16(13-24)8-11-27-19/h2-5,8,11,18H,6-7,9-10,12-13H2,1H3,(H,22,25)(H,23,26)/t18-/m1/s1. The number of amides is 2. The number of fused-ring (bicyclic) bond motifs is 1. The van der Waals surface area contributed by atoms with Crippen molar-refractivity contribution < 1.29 is 9.59 Å². The van der Waals surface area contributed by atoms with Gasteiger partial charge in [0.2, 0.25) is 11.8 Å². The summed E-state index contributed by atoms with van der Waals surface area (Å²) in [5.41, 5.74) is 2.52. The summed E-state index contributed by atoms with van der Waals surface area (Å²) in [6.45, 7) is 4.18. The van der Waals surface area contributed by atoms with Crippen molar-refractivity contribution in [3.63, 3.8) is 0 Å². The lowest BCUT2D eigenvalue weighted by molar-refractivity contribution is -0.121. The van der Waals surface area contributed by atoms with Crippen LogP contribution in [0.3, 0.4) is 0 Å². The van der Waals surface area contributed by atoms with Gasteiger partial charge in [0.1, 0.15) is 0 Å². The molecular formula is C20H24ClN3O2S. The number of benzene rings is 1. The Balaban J connectivity index is 1.66.